The van der Waals surface area contributed by atoms with Crippen LogP contribution in [0.25, 0.3) is 28.0 Å². The fourth-order valence-corrected chi connectivity index (χ4v) is 2.89. The molecule has 0 spiro atoms. The van der Waals surface area contributed by atoms with Crippen LogP contribution in [0, 0.1) is 0 Å². The zero-order valence-electron chi connectivity index (χ0n) is 12.7. The maximum absolute atomic E-state index is 9.30. The van der Waals surface area contributed by atoms with Crippen LogP contribution in [-0.2, 0) is 6.61 Å². The molecule has 0 aliphatic rings. The highest BCUT2D eigenvalue weighted by Gasteiger charge is 2.07. The molecule has 0 unspecified atom stereocenters. The van der Waals surface area contributed by atoms with E-state index in [9.17, 15) is 5.11 Å². The Hall–Kier alpha value is -2.69. The Morgan fingerprint density at radius 2 is 1.88 bits per heavy atom. The standard InChI is InChI=1S/C19H14ClN3O/c20-18-9-15(6-7-21-18)17-11-23-10-16(4-5-19(23)22-17)14-3-1-2-13(8-14)12-24/h1-11,24H,12H2. The molecule has 5 heteroatoms. The second-order valence-corrected chi connectivity index (χ2v) is 5.92. The van der Waals surface area contributed by atoms with E-state index in [2.05, 4.69) is 9.97 Å². The predicted octanol–water partition coefficient (Wildman–Crippen LogP) is 4.21. The van der Waals surface area contributed by atoms with Gasteiger partial charge in [0.2, 0.25) is 0 Å². The minimum atomic E-state index is 0.0358. The average Bonchev–Trinajstić information content (AvgIpc) is 3.05. The van der Waals surface area contributed by atoms with Crippen molar-refractivity contribution in [3.05, 3.63) is 77.8 Å². The van der Waals surface area contributed by atoms with Crippen LogP contribution < -0.4 is 0 Å². The Morgan fingerprint density at radius 3 is 2.71 bits per heavy atom. The van der Waals surface area contributed by atoms with Crippen molar-refractivity contribution in [3.8, 4) is 22.4 Å². The highest BCUT2D eigenvalue weighted by Crippen LogP contribution is 2.25. The summed E-state index contributed by atoms with van der Waals surface area (Å²) in [6.45, 7) is 0.0358. The third-order valence-corrected chi connectivity index (χ3v) is 4.12. The van der Waals surface area contributed by atoms with E-state index >= 15 is 0 Å². The molecule has 3 heterocycles. The molecular formula is C19H14ClN3O. The molecule has 0 saturated heterocycles. The number of fused-ring (bicyclic) bond motifs is 1. The number of benzene rings is 1. The van der Waals surface area contributed by atoms with E-state index in [-0.39, 0.29) is 6.61 Å². The fourth-order valence-electron chi connectivity index (χ4n) is 2.71. The van der Waals surface area contributed by atoms with Gasteiger partial charge in [0.1, 0.15) is 10.8 Å². The maximum Gasteiger partial charge on any atom is 0.137 e. The molecule has 3 aromatic heterocycles. The van der Waals surface area contributed by atoms with Crippen LogP contribution in [0.15, 0.2) is 67.1 Å². The molecule has 118 valence electrons. The molecule has 1 aromatic carbocycles. The van der Waals surface area contributed by atoms with Crippen LogP contribution in [0.5, 0.6) is 0 Å². The second kappa shape index (κ2) is 6.07. The zero-order valence-corrected chi connectivity index (χ0v) is 13.5. The number of aromatic nitrogens is 3. The van der Waals surface area contributed by atoms with Crippen LogP contribution in [0.3, 0.4) is 0 Å². The molecule has 0 amide bonds. The van der Waals surface area contributed by atoms with Gasteiger partial charge in [-0.05, 0) is 47.0 Å². The molecule has 4 nitrogen and oxygen atoms in total. The number of halogens is 1. The number of imidazole rings is 1. The first-order valence-corrected chi connectivity index (χ1v) is 7.91. The number of rotatable bonds is 3. The molecule has 0 aliphatic heterocycles. The predicted molar refractivity (Wildman–Crippen MR) is 94.8 cm³/mol. The quantitative estimate of drug-likeness (QED) is 0.571. The first-order chi connectivity index (χ1) is 11.7. The van der Waals surface area contributed by atoms with Gasteiger partial charge in [-0.25, -0.2) is 9.97 Å². The number of nitrogens with zero attached hydrogens (tertiary/aromatic N) is 3. The van der Waals surface area contributed by atoms with Crippen molar-refractivity contribution in [2.75, 3.05) is 0 Å². The Labute approximate surface area is 144 Å². The van der Waals surface area contributed by atoms with Crippen LogP contribution >= 0.6 is 11.6 Å². The largest absolute Gasteiger partial charge is 0.392 e. The van der Waals surface area contributed by atoms with Crippen molar-refractivity contribution < 1.29 is 5.11 Å². The van der Waals surface area contributed by atoms with Crippen molar-refractivity contribution in [1.82, 2.24) is 14.4 Å². The van der Waals surface area contributed by atoms with Crippen LogP contribution in [0.4, 0.5) is 0 Å². The van der Waals surface area contributed by atoms with Gasteiger partial charge in [-0.2, -0.15) is 0 Å². The van der Waals surface area contributed by atoms with E-state index < -0.39 is 0 Å². The Bertz CT molecular complexity index is 1030. The van der Waals surface area contributed by atoms with Gasteiger partial charge in [0.05, 0.1) is 12.3 Å². The van der Waals surface area contributed by atoms with E-state index in [1.807, 2.05) is 59.3 Å². The van der Waals surface area contributed by atoms with Gasteiger partial charge in [-0.15, -0.1) is 0 Å². The Balaban J connectivity index is 1.78. The van der Waals surface area contributed by atoms with E-state index in [1.54, 1.807) is 12.3 Å². The number of aliphatic hydroxyl groups excluding tert-OH is 1. The molecule has 0 aliphatic carbocycles. The summed E-state index contributed by atoms with van der Waals surface area (Å²) in [4.78, 5) is 8.63. The van der Waals surface area contributed by atoms with Gasteiger partial charge in [-0.1, -0.05) is 29.8 Å². The molecule has 0 fully saturated rings. The van der Waals surface area contributed by atoms with Gasteiger partial charge >= 0.3 is 0 Å². The summed E-state index contributed by atoms with van der Waals surface area (Å²) < 4.78 is 1.99. The smallest absolute Gasteiger partial charge is 0.137 e. The normalized spacial score (nSPS) is 11.1. The van der Waals surface area contributed by atoms with Gasteiger partial charge in [-0.3, -0.25) is 0 Å². The van der Waals surface area contributed by atoms with Crippen LogP contribution in [-0.4, -0.2) is 19.5 Å². The number of hydrogen-bond donors (Lipinski definition) is 1. The number of aliphatic hydroxyl groups is 1. The number of hydrogen-bond acceptors (Lipinski definition) is 3. The van der Waals surface area contributed by atoms with Gasteiger partial charge in [0.15, 0.2) is 0 Å². The van der Waals surface area contributed by atoms with E-state index in [4.69, 9.17) is 11.6 Å². The molecule has 24 heavy (non-hydrogen) atoms. The summed E-state index contributed by atoms with van der Waals surface area (Å²) >= 11 is 5.96. The SMILES string of the molecule is OCc1cccc(-c2ccc3nc(-c4ccnc(Cl)c4)cn3c2)c1. The minimum Gasteiger partial charge on any atom is -0.392 e. The first-order valence-electron chi connectivity index (χ1n) is 7.54. The molecule has 0 radical (unpaired) electrons. The van der Waals surface area contributed by atoms with Crippen LogP contribution in [0.1, 0.15) is 5.56 Å². The second-order valence-electron chi connectivity index (χ2n) is 5.54. The van der Waals surface area contributed by atoms with E-state index in [1.165, 1.54) is 0 Å². The molecule has 4 rings (SSSR count). The summed E-state index contributed by atoms with van der Waals surface area (Å²) in [6, 6.07) is 15.6. The van der Waals surface area contributed by atoms with E-state index in [0.29, 0.717) is 5.15 Å². The average molecular weight is 336 g/mol. The molecule has 1 N–H and O–H groups in total. The summed E-state index contributed by atoms with van der Waals surface area (Å²) in [7, 11) is 0. The summed E-state index contributed by atoms with van der Waals surface area (Å²) in [6.07, 6.45) is 5.68. The maximum atomic E-state index is 9.30. The Kier molecular flexibility index (Phi) is 3.76. The van der Waals surface area contributed by atoms with Crippen LogP contribution in [0.2, 0.25) is 5.15 Å². The third kappa shape index (κ3) is 2.77. The van der Waals surface area contributed by atoms with Crippen molar-refractivity contribution in [2.24, 2.45) is 0 Å². The number of pyridine rings is 2. The molecule has 4 aromatic rings. The van der Waals surface area contributed by atoms with Crippen molar-refractivity contribution >= 4 is 17.2 Å². The first kappa shape index (κ1) is 14.9. The zero-order chi connectivity index (χ0) is 16.5. The molecule has 0 saturated carbocycles. The molecule has 0 atom stereocenters. The lowest BCUT2D eigenvalue weighted by Crippen LogP contribution is -1.87. The van der Waals surface area contributed by atoms with Crippen molar-refractivity contribution in [3.63, 3.8) is 0 Å². The van der Waals surface area contributed by atoms with Crippen molar-refractivity contribution in [2.45, 2.75) is 6.61 Å². The lowest BCUT2D eigenvalue weighted by Gasteiger charge is -2.04. The summed E-state index contributed by atoms with van der Waals surface area (Å²) in [5.74, 6) is 0. The lowest BCUT2D eigenvalue weighted by atomic mass is 10.1. The van der Waals surface area contributed by atoms with Gasteiger partial charge in [0.25, 0.3) is 0 Å². The Morgan fingerprint density at radius 1 is 0.958 bits per heavy atom. The lowest BCUT2D eigenvalue weighted by molar-refractivity contribution is 0.282. The highest BCUT2D eigenvalue weighted by atomic mass is 35.5. The summed E-state index contributed by atoms with van der Waals surface area (Å²) in [5.41, 5.74) is 5.66. The minimum absolute atomic E-state index is 0.0358. The van der Waals surface area contributed by atoms with E-state index in [0.717, 1.165) is 33.6 Å². The summed E-state index contributed by atoms with van der Waals surface area (Å²) in [5, 5.41) is 9.75. The topological polar surface area (TPSA) is 50.4 Å². The fraction of sp³-hybridized carbons (Fsp3) is 0.0526. The van der Waals surface area contributed by atoms with Gasteiger partial charge in [0, 0.05) is 24.2 Å². The van der Waals surface area contributed by atoms with Crippen molar-refractivity contribution in [1.29, 1.82) is 0 Å². The molecular weight excluding hydrogens is 322 g/mol. The third-order valence-electron chi connectivity index (χ3n) is 3.92. The highest BCUT2D eigenvalue weighted by molar-refractivity contribution is 6.29. The van der Waals surface area contributed by atoms with Gasteiger partial charge < -0.3 is 9.51 Å². The molecule has 0 bridgehead atoms. The monoisotopic (exact) mass is 335 g/mol.